The van der Waals surface area contributed by atoms with Gasteiger partial charge in [0.1, 0.15) is 0 Å². The van der Waals surface area contributed by atoms with Crippen molar-refractivity contribution in [2.24, 2.45) is 0 Å². The summed E-state index contributed by atoms with van der Waals surface area (Å²) in [4.78, 5) is 4.60. The van der Waals surface area contributed by atoms with Gasteiger partial charge in [-0.05, 0) is 0 Å². The summed E-state index contributed by atoms with van der Waals surface area (Å²) >= 11 is -1.29. The Morgan fingerprint density at radius 3 is 2.04 bits per heavy atom. The van der Waals surface area contributed by atoms with Crippen molar-refractivity contribution in [1.29, 1.82) is 0 Å². The molecule has 0 aromatic heterocycles. The zero-order chi connectivity index (χ0) is 17.4. The van der Waals surface area contributed by atoms with E-state index in [1.165, 1.54) is 11.1 Å². The van der Waals surface area contributed by atoms with Crippen LogP contribution in [0.3, 0.4) is 0 Å². The number of para-hydroxylation sites is 2. The molecule has 129 valence electrons. The second-order valence-electron chi connectivity index (χ2n) is 6.30. The third-order valence-corrected chi connectivity index (χ3v) is 7.58. The molecule has 0 saturated heterocycles. The Balaban J connectivity index is 1.98. The Morgan fingerprint density at radius 1 is 0.917 bits per heavy atom. The van der Waals surface area contributed by atoms with E-state index in [-0.39, 0.29) is 6.10 Å². The van der Waals surface area contributed by atoms with Crippen LogP contribution in [-0.2, 0) is 12.8 Å². The van der Waals surface area contributed by atoms with Gasteiger partial charge in [0.15, 0.2) is 0 Å². The summed E-state index contributed by atoms with van der Waals surface area (Å²) in [7, 11) is 1.71. The molecule has 0 aliphatic carbocycles. The van der Waals surface area contributed by atoms with Crippen molar-refractivity contribution >= 4 is 19.8 Å². The molecule has 1 atom stereocenters. The van der Waals surface area contributed by atoms with Crippen molar-refractivity contribution in [2.75, 3.05) is 13.7 Å². The van der Waals surface area contributed by atoms with Gasteiger partial charge in [0.25, 0.3) is 0 Å². The monoisotopic (exact) mass is 435 g/mol. The Morgan fingerprint density at radius 2 is 1.46 bits per heavy atom. The van der Waals surface area contributed by atoms with Crippen LogP contribution in [0.2, 0.25) is 14.3 Å². The second-order valence-corrected chi connectivity index (χ2v) is 14.4. The van der Waals surface area contributed by atoms with E-state index in [9.17, 15) is 5.11 Å². The molecule has 0 saturated carbocycles. The van der Waals surface area contributed by atoms with Crippen molar-refractivity contribution in [3.63, 3.8) is 0 Å². The Labute approximate surface area is 152 Å². The van der Waals surface area contributed by atoms with Gasteiger partial charge in [0.2, 0.25) is 0 Å². The van der Waals surface area contributed by atoms with E-state index in [1.54, 1.807) is 7.11 Å². The van der Waals surface area contributed by atoms with Crippen LogP contribution in [-0.4, -0.2) is 44.7 Å². The fourth-order valence-electron chi connectivity index (χ4n) is 2.75. The first-order chi connectivity index (χ1) is 11.6. The molecule has 2 aromatic carbocycles. The van der Waals surface area contributed by atoms with Crippen molar-refractivity contribution in [3.05, 3.63) is 59.7 Å². The van der Waals surface area contributed by atoms with E-state index in [4.69, 9.17) is 9.47 Å². The fourth-order valence-corrected chi connectivity index (χ4v) is 5.77. The molecule has 0 amide bonds. The molecule has 1 radical (unpaired) electrons. The average molecular weight is 434 g/mol. The first-order valence-electron chi connectivity index (χ1n) is 8.40. The topological polar surface area (TPSA) is 38.7 Å². The fraction of sp³-hybridized carbons (Fsp3) is 0.400. The molecule has 0 aliphatic heterocycles. The zero-order valence-corrected chi connectivity index (χ0v) is 17.6. The van der Waals surface area contributed by atoms with E-state index < -0.39 is 19.8 Å². The molecule has 2 rings (SSSR count). The van der Waals surface area contributed by atoms with E-state index in [0.717, 1.165) is 28.8 Å². The third-order valence-electron chi connectivity index (χ3n) is 3.90. The molecule has 0 heterocycles. The number of methoxy groups -OCH3 is 1. The van der Waals surface area contributed by atoms with Crippen LogP contribution in [0.15, 0.2) is 48.5 Å². The number of hydrogen-bond acceptors (Lipinski definition) is 3. The van der Waals surface area contributed by atoms with E-state index in [1.807, 2.05) is 36.4 Å². The minimum atomic E-state index is -1.29. The number of rotatable bonds is 9. The second kappa shape index (κ2) is 9.94. The van der Waals surface area contributed by atoms with Gasteiger partial charge in [0.05, 0.1) is 0 Å². The van der Waals surface area contributed by atoms with Crippen LogP contribution in [0, 0.1) is 0 Å². The summed E-state index contributed by atoms with van der Waals surface area (Å²) in [6.07, 6.45) is 1.45. The first kappa shape index (κ1) is 19.1. The predicted octanol–water partition coefficient (Wildman–Crippen LogP) is 3.97. The van der Waals surface area contributed by atoms with E-state index in [0.29, 0.717) is 6.61 Å². The van der Waals surface area contributed by atoms with Crippen molar-refractivity contribution in [1.82, 2.24) is 0 Å². The van der Waals surface area contributed by atoms with Gasteiger partial charge in [0, 0.05) is 0 Å². The van der Waals surface area contributed by atoms with Crippen molar-refractivity contribution in [2.45, 2.75) is 33.3 Å². The Hall–Kier alpha value is -1.20. The van der Waals surface area contributed by atoms with Gasteiger partial charge in [-0.15, -0.1) is 0 Å². The minimum absolute atomic E-state index is 0.336. The summed E-state index contributed by atoms with van der Waals surface area (Å²) in [6.45, 7) is 0.386. The molecule has 0 fully saturated rings. The van der Waals surface area contributed by atoms with Crippen LogP contribution in [0.5, 0.6) is 11.5 Å². The number of aliphatic hydroxyl groups excluding tert-OH is 1. The van der Waals surface area contributed by atoms with Crippen molar-refractivity contribution < 1.29 is 14.6 Å². The standard InChI is InChI=1S/C18H21O3.2CH3.Sn/c1-14(19)13-21-18-10-6-4-8-16(18)12-11-15-7-3-5-9-17(15)20-2;;;/h3-10,14,19H,1,11-13H2,2H3;2*1H3;. The molecule has 0 spiro atoms. The number of aliphatic hydroxyl groups is 1. The van der Waals surface area contributed by atoms with Crippen LogP contribution in [0.25, 0.3) is 0 Å². The molecule has 1 N–H and O–H groups in total. The summed E-state index contributed by atoms with van der Waals surface area (Å²) in [6, 6.07) is 16.2. The van der Waals surface area contributed by atoms with Crippen LogP contribution >= 0.6 is 0 Å². The molecule has 0 bridgehead atoms. The molecule has 0 aliphatic rings. The van der Waals surface area contributed by atoms with Gasteiger partial charge in [-0.1, -0.05) is 0 Å². The number of benzene rings is 2. The zero-order valence-electron chi connectivity index (χ0n) is 14.8. The average Bonchev–Trinajstić information content (AvgIpc) is 2.58. The maximum atomic E-state index is 10.1. The van der Waals surface area contributed by atoms with Gasteiger partial charge >= 0.3 is 152 Å². The number of ether oxygens (including phenoxy) is 2. The molecule has 2 aromatic rings. The quantitative estimate of drug-likeness (QED) is 0.608. The molecule has 1 unspecified atom stereocenters. The van der Waals surface area contributed by atoms with Crippen LogP contribution < -0.4 is 9.47 Å². The maximum absolute atomic E-state index is 10.1. The first-order valence-corrected chi connectivity index (χ1v) is 16.1. The van der Waals surface area contributed by atoms with Crippen LogP contribution in [0.4, 0.5) is 0 Å². The Bertz CT molecular complexity index is 628. The number of aryl methyl sites for hydroxylation is 2. The summed E-state index contributed by atoms with van der Waals surface area (Å²) < 4.78 is 12.3. The Kier molecular flexibility index (Phi) is 7.92. The summed E-state index contributed by atoms with van der Waals surface area (Å²) in [5.74, 6) is 1.80. The normalized spacial score (nSPS) is 12.2. The van der Waals surface area contributed by atoms with Crippen molar-refractivity contribution in [3.8, 4) is 11.5 Å². The SMILES string of the molecule is COc1ccccc1CCc1ccccc1OCC(O)[CH2][Sn]([CH3])[CH3]. The van der Waals surface area contributed by atoms with Crippen LogP contribution in [0.1, 0.15) is 11.1 Å². The summed E-state index contributed by atoms with van der Waals surface area (Å²) in [5.41, 5.74) is 2.37. The molecule has 24 heavy (non-hydrogen) atoms. The third kappa shape index (κ3) is 6.02. The predicted molar refractivity (Wildman–Crippen MR) is 101 cm³/mol. The van der Waals surface area contributed by atoms with Gasteiger partial charge in [-0.2, -0.15) is 0 Å². The van der Waals surface area contributed by atoms with E-state index >= 15 is 0 Å². The molecular formula is C20H27O3Sn. The summed E-state index contributed by atoms with van der Waals surface area (Å²) in [5, 5.41) is 10.1. The van der Waals surface area contributed by atoms with E-state index in [2.05, 4.69) is 22.0 Å². The van der Waals surface area contributed by atoms with Gasteiger partial charge < -0.3 is 0 Å². The number of hydrogen-bond donors (Lipinski definition) is 1. The molecule has 4 heteroatoms. The molecule has 3 nitrogen and oxygen atoms in total. The van der Waals surface area contributed by atoms with Gasteiger partial charge in [-0.25, -0.2) is 0 Å². The van der Waals surface area contributed by atoms with Gasteiger partial charge in [-0.3, -0.25) is 0 Å². The molecular weight excluding hydrogens is 407 g/mol.